The van der Waals surface area contributed by atoms with Crippen molar-refractivity contribution >= 4 is 61.4 Å². The standard InChI is InChI=1S/C20H23FN10O10P2S/c21-8-12-7(39-18(8)30-4-26-9-14(22)24-3-25-15(9)30)2-37-43(35,44)41-13-11(32)6(1-36-42(34)40-12)38-19(13)31-5-27-10-16(31)28-20(23)29-17(10)33/h3-8,11-13,18-19,32,42H,1-2H2,(H,35,44)(H2,22,24,25)(H3,23,28,29,33)/t6-,7-,8-,11-,12-,13-,18-,19-,43-/m1/s1. The second-order valence-electron chi connectivity index (χ2n) is 9.90. The molecule has 3 aliphatic rings. The maximum Gasteiger partial charge on any atom is 0.386 e. The second kappa shape index (κ2) is 11.1. The van der Waals surface area contributed by atoms with E-state index < -0.39 is 83.0 Å². The summed E-state index contributed by atoms with van der Waals surface area (Å²) >= 11 is 4.04. The van der Waals surface area contributed by atoms with E-state index in [0.29, 0.717) is 0 Å². The highest BCUT2D eigenvalue weighted by Crippen LogP contribution is 2.57. The molecule has 236 valence electrons. The fraction of sp³-hybridized carbons (Fsp3) is 0.500. The van der Waals surface area contributed by atoms with Gasteiger partial charge in [0, 0.05) is 0 Å². The van der Waals surface area contributed by atoms with E-state index >= 15 is 4.39 Å². The SMILES string of the molecule is Nc1nc2c(ncn2[C@@H]2O[C@@H]3CO[PH](=O)O[C@H]4[C@@H](F)[C@H](n5cnc6c(N)ncnc65)O[C@@H]4CO[P@@](=O)(S)O[C@@H]2[C@@H]3O)c(=O)[nH]1. The number of aliphatic hydroxyl groups is 1. The number of rotatable bonds is 2. The zero-order valence-electron chi connectivity index (χ0n) is 21.9. The van der Waals surface area contributed by atoms with Crippen LogP contribution in [-0.2, 0) is 36.7 Å². The zero-order valence-corrected chi connectivity index (χ0v) is 24.7. The van der Waals surface area contributed by atoms with Crippen molar-refractivity contribution in [3.05, 3.63) is 29.3 Å². The maximum absolute atomic E-state index is 15.9. The number of nitrogen functional groups attached to an aromatic ring is 2. The van der Waals surface area contributed by atoms with Crippen molar-refractivity contribution in [2.75, 3.05) is 24.7 Å². The molecule has 0 spiro atoms. The molecule has 3 saturated heterocycles. The van der Waals surface area contributed by atoms with E-state index in [-0.39, 0.29) is 34.1 Å². The largest absolute Gasteiger partial charge is 0.387 e. The van der Waals surface area contributed by atoms with Crippen LogP contribution in [0.25, 0.3) is 22.3 Å². The molecule has 6 N–H and O–H groups in total. The highest BCUT2D eigenvalue weighted by molar-refractivity contribution is 8.44. The number of imidazole rings is 2. The van der Waals surface area contributed by atoms with Gasteiger partial charge in [0.15, 0.2) is 41.3 Å². The third-order valence-corrected chi connectivity index (χ3v) is 9.70. The third kappa shape index (κ3) is 5.10. The number of H-pyrrole nitrogens is 1. The maximum atomic E-state index is 15.9. The first-order valence-corrected chi connectivity index (χ1v) is 16.7. The summed E-state index contributed by atoms with van der Waals surface area (Å²) in [6, 6.07) is 0. The lowest BCUT2D eigenvalue weighted by atomic mass is 10.1. The van der Waals surface area contributed by atoms with Gasteiger partial charge in [0.2, 0.25) is 5.95 Å². The molecule has 4 aromatic heterocycles. The molecule has 20 nitrogen and oxygen atoms in total. The molecule has 0 radical (unpaired) electrons. The first-order valence-electron chi connectivity index (χ1n) is 12.8. The second-order valence-corrected chi connectivity index (χ2v) is 13.8. The number of ether oxygens (including phenoxy) is 2. The van der Waals surface area contributed by atoms with Gasteiger partial charge in [-0.3, -0.25) is 32.5 Å². The Balaban J connectivity index is 1.18. The van der Waals surface area contributed by atoms with Crippen molar-refractivity contribution in [3.8, 4) is 0 Å². The molecule has 2 bridgehead atoms. The van der Waals surface area contributed by atoms with Crippen LogP contribution in [0.4, 0.5) is 16.2 Å². The summed E-state index contributed by atoms with van der Waals surface area (Å²) in [5, 5.41) is 11.1. The Kier molecular flexibility index (Phi) is 7.47. The number of anilines is 2. The topological polar surface area (TPSA) is 269 Å². The Morgan fingerprint density at radius 1 is 1.05 bits per heavy atom. The number of hydrogen-bond donors (Lipinski definition) is 5. The van der Waals surface area contributed by atoms with E-state index in [2.05, 4.69) is 42.2 Å². The van der Waals surface area contributed by atoms with Crippen molar-refractivity contribution in [3.63, 3.8) is 0 Å². The van der Waals surface area contributed by atoms with Crippen LogP contribution < -0.4 is 17.0 Å². The molecule has 3 aliphatic heterocycles. The Hall–Kier alpha value is -3.04. The molecule has 7 heterocycles. The number of fused-ring (bicyclic) bond motifs is 5. The summed E-state index contributed by atoms with van der Waals surface area (Å²) in [6.45, 7) is -5.54. The fourth-order valence-corrected chi connectivity index (χ4v) is 7.55. The van der Waals surface area contributed by atoms with Crippen LogP contribution >= 0.6 is 27.3 Å². The summed E-state index contributed by atoms with van der Waals surface area (Å²) in [5.41, 5.74) is 11.1. The molecule has 0 amide bonds. The van der Waals surface area contributed by atoms with Crippen LogP contribution in [0.1, 0.15) is 12.5 Å². The van der Waals surface area contributed by atoms with Crippen molar-refractivity contribution < 1.29 is 46.2 Å². The van der Waals surface area contributed by atoms with E-state index in [0.717, 1.165) is 0 Å². The number of nitrogens with zero attached hydrogens (tertiary/aromatic N) is 7. The van der Waals surface area contributed by atoms with Crippen LogP contribution in [-0.4, -0.2) is 94.0 Å². The number of halogens is 1. The average molecular weight is 676 g/mol. The fourth-order valence-electron chi connectivity index (χ4n) is 5.22. The minimum Gasteiger partial charge on any atom is -0.387 e. The summed E-state index contributed by atoms with van der Waals surface area (Å²) in [5.74, 6) is -0.167. The van der Waals surface area contributed by atoms with E-state index in [1.165, 1.54) is 28.1 Å². The quantitative estimate of drug-likeness (QED) is 0.137. The lowest BCUT2D eigenvalue weighted by Gasteiger charge is -2.25. The molecule has 0 aliphatic carbocycles. The van der Waals surface area contributed by atoms with Gasteiger partial charge < -0.3 is 35.1 Å². The highest BCUT2D eigenvalue weighted by atomic mass is 32.7. The minimum absolute atomic E-state index is 0.0344. The summed E-state index contributed by atoms with van der Waals surface area (Å²) in [7, 11) is -3.46. The number of nitrogens with two attached hydrogens (primary N) is 2. The van der Waals surface area contributed by atoms with E-state index in [1.807, 2.05) is 0 Å². The Labute approximate surface area is 249 Å². The van der Waals surface area contributed by atoms with Crippen LogP contribution in [0.3, 0.4) is 0 Å². The van der Waals surface area contributed by atoms with E-state index in [4.69, 9.17) is 39.0 Å². The van der Waals surface area contributed by atoms with Crippen LogP contribution in [0.15, 0.2) is 23.8 Å². The normalized spacial score (nSPS) is 36.6. The van der Waals surface area contributed by atoms with E-state index in [9.17, 15) is 19.0 Å². The van der Waals surface area contributed by atoms with Gasteiger partial charge in [-0.2, -0.15) is 4.98 Å². The van der Waals surface area contributed by atoms with Gasteiger partial charge in [-0.05, 0) is 0 Å². The number of aromatic nitrogens is 8. The number of aromatic amines is 1. The minimum atomic E-state index is -4.38. The van der Waals surface area contributed by atoms with Crippen LogP contribution in [0.2, 0.25) is 0 Å². The van der Waals surface area contributed by atoms with Crippen LogP contribution in [0.5, 0.6) is 0 Å². The molecule has 4 aromatic rings. The van der Waals surface area contributed by atoms with Gasteiger partial charge >= 0.3 is 15.1 Å². The van der Waals surface area contributed by atoms with Crippen molar-refractivity contribution in [2.24, 2.45) is 0 Å². The number of nitrogens with one attached hydrogen (secondary N) is 1. The van der Waals surface area contributed by atoms with Crippen molar-refractivity contribution in [1.29, 1.82) is 0 Å². The van der Waals surface area contributed by atoms with Gasteiger partial charge in [0.05, 0.1) is 25.9 Å². The van der Waals surface area contributed by atoms with Crippen molar-refractivity contribution in [2.45, 2.75) is 49.1 Å². The van der Waals surface area contributed by atoms with Gasteiger partial charge in [0.25, 0.3) is 5.56 Å². The summed E-state index contributed by atoms with van der Waals surface area (Å²) in [4.78, 5) is 34.7. The number of hydrogen-bond acceptors (Lipinski definition) is 17. The number of aliphatic hydroxyl groups excluding tert-OH is 1. The lowest BCUT2D eigenvalue weighted by molar-refractivity contribution is -0.0564. The van der Waals surface area contributed by atoms with Gasteiger partial charge in [-0.15, -0.1) is 0 Å². The first kappa shape index (κ1) is 29.7. The third-order valence-electron chi connectivity index (χ3n) is 7.22. The Bertz CT molecular complexity index is 1880. The highest BCUT2D eigenvalue weighted by Gasteiger charge is 2.52. The number of alkyl halides is 1. The summed E-state index contributed by atoms with van der Waals surface area (Å²) < 4.78 is 78.3. The summed E-state index contributed by atoms with van der Waals surface area (Å²) in [6.07, 6.45) is -8.23. The van der Waals surface area contributed by atoms with Gasteiger partial charge in [-0.25, -0.2) is 28.9 Å². The molecule has 24 heteroatoms. The molecular weight excluding hydrogens is 653 g/mol. The Morgan fingerprint density at radius 2 is 1.77 bits per heavy atom. The molecule has 1 unspecified atom stereocenters. The molecule has 7 rings (SSSR count). The predicted octanol–water partition coefficient (Wildman–Crippen LogP) is -0.138. The Morgan fingerprint density at radius 3 is 2.57 bits per heavy atom. The van der Waals surface area contributed by atoms with Gasteiger partial charge in [0.1, 0.15) is 42.4 Å². The number of thiol groups is 1. The average Bonchev–Trinajstić information content (AvgIpc) is 3.72. The predicted molar refractivity (Wildman–Crippen MR) is 148 cm³/mol. The van der Waals surface area contributed by atoms with Crippen molar-refractivity contribution in [1.82, 2.24) is 39.0 Å². The molecule has 3 fully saturated rings. The molecule has 0 saturated carbocycles. The first-order chi connectivity index (χ1) is 21.0. The molecule has 10 atom stereocenters. The lowest BCUT2D eigenvalue weighted by Crippen LogP contribution is -2.35. The van der Waals surface area contributed by atoms with Crippen LogP contribution in [0, 0.1) is 0 Å². The smallest absolute Gasteiger partial charge is 0.386 e. The van der Waals surface area contributed by atoms with E-state index in [1.54, 1.807) is 0 Å². The monoisotopic (exact) mass is 676 g/mol. The zero-order chi connectivity index (χ0) is 30.9. The molecule has 44 heavy (non-hydrogen) atoms. The molecule has 0 aromatic carbocycles. The molecular formula is C20H23FN10O10P2S. The van der Waals surface area contributed by atoms with Gasteiger partial charge in [-0.1, -0.05) is 12.2 Å².